The molecule has 7 heteroatoms. The van der Waals surface area contributed by atoms with Gasteiger partial charge in [-0.2, -0.15) is 5.10 Å². The van der Waals surface area contributed by atoms with Crippen LogP contribution < -0.4 is 0 Å². The maximum Gasteiger partial charge on any atom is 0.253 e. The van der Waals surface area contributed by atoms with E-state index in [2.05, 4.69) is 21.6 Å². The van der Waals surface area contributed by atoms with Crippen LogP contribution in [0.4, 0.5) is 0 Å². The molecule has 2 aromatic heterocycles. The zero-order valence-corrected chi connectivity index (χ0v) is 17.0. The number of carbonyl (C=O) groups is 1. The number of likely N-dealkylation sites (tertiary alicyclic amines) is 1. The third kappa shape index (κ3) is 2.88. The highest BCUT2D eigenvalue weighted by molar-refractivity contribution is 5.94. The molecule has 0 bridgehead atoms. The van der Waals surface area contributed by atoms with E-state index in [1.807, 2.05) is 65.6 Å². The number of amides is 1. The molecule has 4 heterocycles. The number of rotatable bonds is 2. The summed E-state index contributed by atoms with van der Waals surface area (Å²) < 4.78 is 4.18. The molecule has 1 fully saturated rings. The second kappa shape index (κ2) is 6.84. The Kier molecular flexibility index (Phi) is 4.28. The lowest BCUT2D eigenvalue weighted by atomic mass is 9.83. The first-order chi connectivity index (χ1) is 14.1. The molecule has 1 saturated heterocycles. The van der Waals surface area contributed by atoms with E-state index in [0.717, 1.165) is 61.7 Å². The van der Waals surface area contributed by atoms with Gasteiger partial charge >= 0.3 is 0 Å². The van der Waals surface area contributed by atoms with E-state index in [1.165, 1.54) is 0 Å². The molecular weight excluding hydrogens is 364 g/mol. The third-order valence-corrected chi connectivity index (χ3v) is 6.56. The summed E-state index contributed by atoms with van der Waals surface area (Å²) in [6.07, 6.45) is 7.71. The first-order valence-corrected chi connectivity index (χ1v) is 10.2. The van der Waals surface area contributed by atoms with Crippen molar-refractivity contribution in [3.05, 3.63) is 60.3 Å². The third-order valence-electron chi connectivity index (χ3n) is 6.56. The topological polar surface area (TPSA) is 59.2 Å². The number of hydrogen-bond donors (Lipinski definition) is 0. The molecule has 1 aromatic carbocycles. The van der Waals surface area contributed by atoms with Crippen LogP contribution in [0.1, 0.15) is 29.0 Å². The highest BCUT2D eigenvalue weighted by Gasteiger charge is 2.46. The number of imidazole rings is 1. The number of fused-ring (bicyclic) bond motifs is 2. The number of piperidine rings is 1. The van der Waals surface area contributed by atoms with Crippen LogP contribution in [0, 0.1) is 0 Å². The lowest BCUT2D eigenvalue weighted by Crippen LogP contribution is -2.57. The predicted octanol–water partition coefficient (Wildman–Crippen LogP) is 2.36. The number of aromatic nitrogens is 4. The summed E-state index contributed by atoms with van der Waals surface area (Å²) in [5.41, 5.74) is 2.87. The second-order valence-electron chi connectivity index (χ2n) is 8.13. The quantitative estimate of drug-likeness (QED) is 0.674. The van der Waals surface area contributed by atoms with E-state index in [4.69, 9.17) is 4.98 Å². The van der Waals surface area contributed by atoms with Gasteiger partial charge in [0, 0.05) is 50.6 Å². The van der Waals surface area contributed by atoms with Crippen molar-refractivity contribution in [2.24, 2.45) is 7.05 Å². The largest absolute Gasteiger partial charge is 0.338 e. The molecule has 1 spiro atoms. The number of aryl methyl sites for hydroxylation is 1. The Hall–Kier alpha value is -2.93. The fourth-order valence-electron chi connectivity index (χ4n) is 4.84. The van der Waals surface area contributed by atoms with Crippen LogP contribution in [0.5, 0.6) is 0 Å². The Bertz CT molecular complexity index is 1030. The van der Waals surface area contributed by atoms with E-state index >= 15 is 0 Å². The van der Waals surface area contributed by atoms with Gasteiger partial charge in [0.15, 0.2) is 0 Å². The minimum atomic E-state index is -0.119. The number of likely N-dealkylation sites (N-methyl/N-ethyl adjacent to an activating group) is 1. The molecule has 7 nitrogen and oxygen atoms in total. The summed E-state index contributed by atoms with van der Waals surface area (Å²) >= 11 is 0. The van der Waals surface area contributed by atoms with E-state index in [9.17, 15) is 4.79 Å². The van der Waals surface area contributed by atoms with Crippen molar-refractivity contribution in [1.82, 2.24) is 29.1 Å². The minimum Gasteiger partial charge on any atom is -0.338 e. The Morgan fingerprint density at radius 1 is 1.00 bits per heavy atom. The molecule has 5 rings (SSSR count). The van der Waals surface area contributed by atoms with E-state index in [-0.39, 0.29) is 11.4 Å². The highest BCUT2D eigenvalue weighted by atomic mass is 16.2. The molecule has 0 aliphatic carbocycles. The van der Waals surface area contributed by atoms with E-state index in [1.54, 1.807) is 0 Å². The maximum absolute atomic E-state index is 12.9. The van der Waals surface area contributed by atoms with Crippen LogP contribution >= 0.6 is 0 Å². The standard InChI is InChI=1S/C22H26N6O/c1-25-12-13-28-19(18-14-24-26(2)16-18)15-23-21(28)22(25)8-10-27(11-9-22)20(29)17-6-4-3-5-7-17/h3-7,14-16H,8-13H2,1-2H3. The smallest absolute Gasteiger partial charge is 0.253 e. The zero-order chi connectivity index (χ0) is 20.0. The van der Waals surface area contributed by atoms with Crippen molar-refractivity contribution in [3.8, 4) is 11.3 Å². The Labute approximate surface area is 170 Å². The zero-order valence-electron chi connectivity index (χ0n) is 17.0. The minimum absolute atomic E-state index is 0.119. The fourth-order valence-corrected chi connectivity index (χ4v) is 4.84. The number of nitrogens with zero attached hydrogens (tertiary/aromatic N) is 6. The SMILES string of the molecule is CN1CCn2c(-c3cnn(C)c3)cnc2C12CCN(C(=O)c1ccccc1)CC2. The van der Waals surface area contributed by atoms with Crippen LogP contribution in [0.15, 0.2) is 48.9 Å². The average Bonchev–Trinajstić information content (AvgIpc) is 3.38. The molecule has 0 radical (unpaired) electrons. The van der Waals surface area contributed by atoms with Crippen molar-refractivity contribution in [2.45, 2.75) is 24.9 Å². The monoisotopic (exact) mass is 390 g/mol. The van der Waals surface area contributed by atoms with Crippen molar-refractivity contribution in [3.63, 3.8) is 0 Å². The highest BCUT2D eigenvalue weighted by Crippen LogP contribution is 2.41. The van der Waals surface area contributed by atoms with E-state index in [0.29, 0.717) is 0 Å². The van der Waals surface area contributed by atoms with Crippen molar-refractivity contribution < 1.29 is 4.79 Å². The van der Waals surface area contributed by atoms with Crippen molar-refractivity contribution >= 4 is 5.91 Å². The van der Waals surface area contributed by atoms with Gasteiger partial charge in [-0.15, -0.1) is 0 Å². The summed E-state index contributed by atoms with van der Waals surface area (Å²) in [7, 11) is 4.13. The van der Waals surface area contributed by atoms with Gasteiger partial charge < -0.3 is 9.47 Å². The molecule has 2 aliphatic heterocycles. The van der Waals surface area contributed by atoms with Gasteiger partial charge in [-0.25, -0.2) is 4.98 Å². The van der Waals surface area contributed by atoms with Gasteiger partial charge in [-0.1, -0.05) is 18.2 Å². The first-order valence-electron chi connectivity index (χ1n) is 10.2. The van der Waals surface area contributed by atoms with Crippen LogP contribution in [0.3, 0.4) is 0 Å². The number of carbonyl (C=O) groups excluding carboxylic acids is 1. The lowest BCUT2D eigenvalue weighted by molar-refractivity contribution is 0.0101. The molecule has 1 amide bonds. The second-order valence-corrected chi connectivity index (χ2v) is 8.13. The molecule has 0 unspecified atom stereocenters. The fraction of sp³-hybridized carbons (Fsp3) is 0.409. The van der Waals surface area contributed by atoms with Gasteiger partial charge in [-0.05, 0) is 32.0 Å². The van der Waals surface area contributed by atoms with Crippen LogP contribution in [-0.2, 0) is 19.1 Å². The lowest BCUT2D eigenvalue weighted by Gasteiger charge is -2.49. The van der Waals surface area contributed by atoms with Gasteiger partial charge in [-0.3, -0.25) is 14.4 Å². The van der Waals surface area contributed by atoms with Crippen molar-refractivity contribution in [1.29, 1.82) is 0 Å². The van der Waals surface area contributed by atoms with Gasteiger partial charge in [0.1, 0.15) is 5.82 Å². The van der Waals surface area contributed by atoms with Gasteiger partial charge in [0.2, 0.25) is 0 Å². The summed E-state index contributed by atoms with van der Waals surface area (Å²) in [6, 6.07) is 9.58. The van der Waals surface area contributed by atoms with Gasteiger partial charge in [0.25, 0.3) is 5.91 Å². The summed E-state index contributed by atoms with van der Waals surface area (Å²) in [6.45, 7) is 3.38. The van der Waals surface area contributed by atoms with Gasteiger partial charge in [0.05, 0.1) is 23.6 Å². The van der Waals surface area contributed by atoms with E-state index < -0.39 is 0 Å². The molecule has 29 heavy (non-hydrogen) atoms. The summed E-state index contributed by atoms with van der Waals surface area (Å²) in [4.78, 5) is 22.2. The van der Waals surface area contributed by atoms with Crippen molar-refractivity contribution in [2.75, 3.05) is 26.7 Å². The Morgan fingerprint density at radius 2 is 1.76 bits per heavy atom. The Balaban J connectivity index is 1.42. The molecule has 2 aliphatic rings. The molecule has 0 N–H and O–H groups in total. The number of benzene rings is 1. The van der Waals surface area contributed by atoms with Crippen LogP contribution in [-0.4, -0.2) is 61.7 Å². The number of hydrogen-bond acceptors (Lipinski definition) is 4. The molecule has 0 atom stereocenters. The summed E-state index contributed by atoms with van der Waals surface area (Å²) in [5.74, 6) is 1.25. The molecule has 0 saturated carbocycles. The summed E-state index contributed by atoms with van der Waals surface area (Å²) in [5, 5.41) is 4.32. The van der Waals surface area contributed by atoms with Crippen LogP contribution in [0.25, 0.3) is 11.3 Å². The molecular formula is C22H26N6O. The Morgan fingerprint density at radius 3 is 2.45 bits per heavy atom. The molecule has 150 valence electrons. The molecule has 3 aromatic rings. The average molecular weight is 390 g/mol. The first kappa shape index (κ1) is 18.1. The predicted molar refractivity (Wildman–Crippen MR) is 110 cm³/mol. The normalized spacial score (nSPS) is 18.8. The maximum atomic E-state index is 12.9. The van der Waals surface area contributed by atoms with Crippen LogP contribution in [0.2, 0.25) is 0 Å².